The first-order valence-corrected chi connectivity index (χ1v) is 8.76. The number of hydrogen-bond donors (Lipinski definition) is 2. The predicted octanol–water partition coefficient (Wildman–Crippen LogP) is 1.91. The Bertz CT molecular complexity index is 646. The van der Waals surface area contributed by atoms with Gasteiger partial charge in [-0.2, -0.15) is 0 Å². The minimum absolute atomic E-state index is 0.00791. The molecule has 0 bridgehead atoms. The molecule has 0 radical (unpaired) electrons. The van der Waals surface area contributed by atoms with Gasteiger partial charge in [-0.1, -0.05) is 12.8 Å². The van der Waals surface area contributed by atoms with Gasteiger partial charge in [0.05, 0.1) is 7.11 Å². The van der Waals surface area contributed by atoms with E-state index in [0.717, 1.165) is 25.6 Å². The summed E-state index contributed by atoms with van der Waals surface area (Å²) in [6, 6.07) is 4.63. The van der Waals surface area contributed by atoms with E-state index in [-0.39, 0.29) is 17.5 Å². The molecule has 2 aliphatic rings. The highest BCUT2D eigenvalue weighted by Crippen LogP contribution is 2.26. The molecule has 0 spiro atoms. The van der Waals surface area contributed by atoms with Gasteiger partial charge in [0.1, 0.15) is 0 Å². The van der Waals surface area contributed by atoms with E-state index < -0.39 is 17.6 Å². The van der Waals surface area contributed by atoms with Gasteiger partial charge in [-0.15, -0.1) is 0 Å². The van der Waals surface area contributed by atoms with E-state index in [2.05, 4.69) is 15.5 Å². The fourth-order valence-electron chi connectivity index (χ4n) is 3.69. The van der Waals surface area contributed by atoms with Crippen molar-refractivity contribution in [1.82, 2.24) is 10.2 Å². The van der Waals surface area contributed by atoms with E-state index in [1.807, 2.05) is 0 Å². The Morgan fingerprint density at radius 2 is 1.96 bits per heavy atom. The van der Waals surface area contributed by atoms with Crippen molar-refractivity contribution < 1.29 is 18.7 Å². The minimum Gasteiger partial charge on any atom is -0.494 e. The van der Waals surface area contributed by atoms with Crippen LogP contribution in [0.2, 0.25) is 0 Å². The summed E-state index contributed by atoms with van der Waals surface area (Å²) >= 11 is 0. The second kappa shape index (κ2) is 7.82. The summed E-state index contributed by atoms with van der Waals surface area (Å²) in [5, 5.41) is 5.19. The number of nitrogens with zero attached hydrogens (tertiary/aromatic N) is 1. The van der Waals surface area contributed by atoms with Gasteiger partial charge in [-0.25, -0.2) is 4.39 Å². The lowest BCUT2D eigenvalue weighted by Crippen LogP contribution is -2.43. The zero-order valence-corrected chi connectivity index (χ0v) is 14.4. The molecule has 2 fully saturated rings. The Balaban J connectivity index is 1.49. The van der Waals surface area contributed by atoms with Crippen molar-refractivity contribution >= 4 is 17.5 Å². The summed E-state index contributed by atoms with van der Waals surface area (Å²) in [6.45, 7) is 1.75. The number of amides is 2. The zero-order valence-electron chi connectivity index (χ0n) is 14.4. The summed E-state index contributed by atoms with van der Waals surface area (Å²) in [5.41, 5.74) is 0.220. The van der Waals surface area contributed by atoms with Gasteiger partial charge in [0.15, 0.2) is 11.6 Å². The second-order valence-corrected chi connectivity index (χ2v) is 6.70. The fraction of sp³-hybridized carbons (Fsp3) is 0.556. The van der Waals surface area contributed by atoms with Crippen LogP contribution in [0.25, 0.3) is 0 Å². The Morgan fingerprint density at radius 1 is 1.20 bits per heavy atom. The average molecular weight is 349 g/mol. The smallest absolute Gasteiger partial charge is 0.313 e. The summed E-state index contributed by atoms with van der Waals surface area (Å²) < 4.78 is 18.5. The molecule has 3 rings (SSSR count). The monoisotopic (exact) mass is 349 g/mol. The minimum atomic E-state index is -0.788. The van der Waals surface area contributed by atoms with Crippen LogP contribution in [0.15, 0.2) is 18.2 Å². The lowest BCUT2D eigenvalue weighted by atomic mass is 10.2. The normalized spacial score (nSPS) is 21.3. The Labute approximate surface area is 146 Å². The number of carbonyl (C=O) groups is 2. The molecule has 1 heterocycles. The highest BCUT2D eigenvalue weighted by atomic mass is 19.1. The van der Waals surface area contributed by atoms with Crippen LogP contribution in [0.4, 0.5) is 10.1 Å². The number of rotatable bonds is 4. The summed E-state index contributed by atoms with van der Waals surface area (Å²) in [5.74, 6) is -1.98. The number of anilines is 1. The molecule has 2 N–H and O–H groups in total. The lowest BCUT2D eigenvalue weighted by Gasteiger charge is -2.23. The van der Waals surface area contributed by atoms with Crippen LogP contribution in [-0.4, -0.2) is 49.0 Å². The van der Waals surface area contributed by atoms with Gasteiger partial charge in [0.2, 0.25) is 0 Å². The number of likely N-dealkylation sites (tertiary alicyclic amines) is 1. The molecule has 0 unspecified atom stereocenters. The van der Waals surface area contributed by atoms with Crippen molar-refractivity contribution in [3.05, 3.63) is 24.0 Å². The molecule has 2 amide bonds. The summed E-state index contributed by atoms with van der Waals surface area (Å²) in [6.07, 6.45) is 5.86. The Kier molecular flexibility index (Phi) is 5.53. The van der Waals surface area contributed by atoms with E-state index in [0.29, 0.717) is 6.04 Å². The van der Waals surface area contributed by atoms with E-state index in [9.17, 15) is 14.0 Å². The molecule has 136 valence electrons. The van der Waals surface area contributed by atoms with Crippen molar-refractivity contribution in [3.63, 3.8) is 0 Å². The standard InChI is InChI=1S/C18H24FN3O3/c1-25-16-7-6-12(10-15(16)19)20-17(23)18(24)21-13-8-9-22(11-13)14-4-2-3-5-14/h6-7,10,13-14H,2-5,8-9,11H2,1H3,(H,20,23)(H,21,24)/t13-/m1/s1. The van der Waals surface area contributed by atoms with Gasteiger partial charge in [-0.05, 0) is 31.4 Å². The number of carbonyl (C=O) groups excluding carboxylic acids is 2. The topological polar surface area (TPSA) is 70.7 Å². The largest absolute Gasteiger partial charge is 0.494 e. The number of nitrogens with one attached hydrogen (secondary N) is 2. The van der Waals surface area contributed by atoms with Gasteiger partial charge in [0.25, 0.3) is 0 Å². The van der Waals surface area contributed by atoms with Crippen molar-refractivity contribution in [3.8, 4) is 5.75 Å². The van der Waals surface area contributed by atoms with Crippen LogP contribution in [0.5, 0.6) is 5.75 Å². The van der Waals surface area contributed by atoms with Crippen LogP contribution >= 0.6 is 0 Å². The molecular weight excluding hydrogens is 325 g/mol. The van der Waals surface area contributed by atoms with E-state index >= 15 is 0 Å². The molecule has 1 aromatic carbocycles. The van der Waals surface area contributed by atoms with Gasteiger partial charge < -0.3 is 15.4 Å². The van der Waals surface area contributed by atoms with Crippen LogP contribution in [0.1, 0.15) is 32.1 Å². The maximum Gasteiger partial charge on any atom is 0.313 e. The van der Waals surface area contributed by atoms with Gasteiger partial charge in [0, 0.05) is 36.9 Å². The van der Waals surface area contributed by atoms with Crippen LogP contribution < -0.4 is 15.4 Å². The quantitative estimate of drug-likeness (QED) is 0.815. The first kappa shape index (κ1) is 17.7. The molecule has 1 saturated heterocycles. The molecule has 6 nitrogen and oxygen atoms in total. The number of ether oxygens (including phenoxy) is 1. The third-order valence-corrected chi connectivity index (χ3v) is 5.01. The van der Waals surface area contributed by atoms with E-state index in [1.165, 1.54) is 44.9 Å². The average Bonchev–Trinajstić information content (AvgIpc) is 3.26. The van der Waals surface area contributed by atoms with E-state index in [1.54, 1.807) is 0 Å². The highest BCUT2D eigenvalue weighted by Gasteiger charge is 2.31. The first-order chi connectivity index (χ1) is 12.1. The summed E-state index contributed by atoms with van der Waals surface area (Å²) in [7, 11) is 1.36. The van der Waals surface area contributed by atoms with Crippen molar-refractivity contribution in [2.45, 2.75) is 44.2 Å². The molecule has 1 atom stereocenters. The molecular formula is C18H24FN3O3. The maximum atomic E-state index is 13.6. The molecule has 0 aromatic heterocycles. The second-order valence-electron chi connectivity index (χ2n) is 6.70. The molecule has 7 heteroatoms. The molecule has 1 aliphatic heterocycles. The van der Waals surface area contributed by atoms with Crippen LogP contribution in [0.3, 0.4) is 0 Å². The lowest BCUT2D eigenvalue weighted by molar-refractivity contribution is -0.136. The Hall–Kier alpha value is -2.15. The van der Waals surface area contributed by atoms with E-state index in [4.69, 9.17) is 4.74 Å². The van der Waals surface area contributed by atoms with Gasteiger partial charge in [-0.3, -0.25) is 14.5 Å². The third kappa shape index (κ3) is 4.28. The fourth-order valence-corrected chi connectivity index (χ4v) is 3.69. The number of hydrogen-bond acceptors (Lipinski definition) is 4. The molecule has 1 aromatic rings. The SMILES string of the molecule is COc1ccc(NC(=O)C(=O)N[C@@H]2CCN(C3CCCC3)C2)cc1F. The number of halogens is 1. The predicted molar refractivity (Wildman–Crippen MR) is 92.0 cm³/mol. The molecule has 1 saturated carbocycles. The van der Waals surface area contributed by atoms with Crippen molar-refractivity contribution in [2.75, 3.05) is 25.5 Å². The first-order valence-electron chi connectivity index (χ1n) is 8.76. The van der Waals surface area contributed by atoms with Crippen LogP contribution in [-0.2, 0) is 9.59 Å². The highest BCUT2D eigenvalue weighted by molar-refractivity contribution is 6.39. The Morgan fingerprint density at radius 3 is 2.64 bits per heavy atom. The maximum absolute atomic E-state index is 13.6. The summed E-state index contributed by atoms with van der Waals surface area (Å²) in [4.78, 5) is 26.5. The third-order valence-electron chi connectivity index (χ3n) is 5.01. The van der Waals surface area contributed by atoms with Crippen molar-refractivity contribution in [1.29, 1.82) is 0 Å². The molecule has 25 heavy (non-hydrogen) atoms. The van der Waals surface area contributed by atoms with Crippen molar-refractivity contribution in [2.24, 2.45) is 0 Å². The molecule has 1 aliphatic carbocycles. The zero-order chi connectivity index (χ0) is 17.8. The number of benzene rings is 1. The van der Waals surface area contributed by atoms with Gasteiger partial charge >= 0.3 is 11.8 Å². The van der Waals surface area contributed by atoms with Crippen LogP contribution in [0, 0.1) is 5.82 Å². The number of methoxy groups -OCH3 is 1.